The van der Waals surface area contributed by atoms with Crippen molar-refractivity contribution in [3.8, 4) is 0 Å². The number of allylic oxidation sites excluding steroid dienone is 1. The highest BCUT2D eigenvalue weighted by Gasteiger charge is 2.45. The topological polar surface area (TPSA) is 58.1 Å². The zero-order valence-corrected chi connectivity index (χ0v) is 16.8. The number of nitrogens with zero attached hydrogens (tertiary/aromatic N) is 3. The van der Waals surface area contributed by atoms with E-state index in [1.165, 1.54) is 0 Å². The van der Waals surface area contributed by atoms with Gasteiger partial charge in [-0.2, -0.15) is 0 Å². The minimum atomic E-state index is -0.335. The maximum Gasteiger partial charge on any atom is 0.245 e. The molecule has 2 aromatic rings. The molecule has 27 heavy (non-hydrogen) atoms. The quantitative estimate of drug-likeness (QED) is 0.831. The van der Waals surface area contributed by atoms with E-state index in [0.717, 1.165) is 34.6 Å². The summed E-state index contributed by atoms with van der Waals surface area (Å²) >= 11 is 6.53. The monoisotopic (exact) mass is 382 g/mol. The molecule has 4 rings (SSSR count). The maximum absolute atomic E-state index is 13.1. The Balaban J connectivity index is 1.88. The molecule has 1 aliphatic carbocycles. The predicted molar refractivity (Wildman–Crippen MR) is 106 cm³/mol. The Labute approximate surface area is 164 Å². The van der Waals surface area contributed by atoms with Gasteiger partial charge in [0.25, 0.3) is 0 Å². The number of aromatic nitrogens is 2. The number of hydrazine groups is 1. The third kappa shape index (κ3) is 3.21. The number of ketones is 1. The van der Waals surface area contributed by atoms with E-state index in [9.17, 15) is 4.79 Å². The lowest BCUT2D eigenvalue weighted by Gasteiger charge is -2.29. The van der Waals surface area contributed by atoms with E-state index in [1.807, 2.05) is 49.2 Å². The van der Waals surface area contributed by atoms with Crippen LogP contribution < -0.4 is 10.4 Å². The molecule has 0 saturated carbocycles. The van der Waals surface area contributed by atoms with Crippen molar-refractivity contribution in [1.82, 2.24) is 15.4 Å². The number of hydrogen-bond donors (Lipinski definition) is 1. The van der Waals surface area contributed by atoms with Gasteiger partial charge in [0.1, 0.15) is 6.04 Å². The summed E-state index contributed by atoms with van der Waals surface area (Å²) in [7, 11) is 0. The predicted octanol–water partition coefficient (Wildman–Crippen LogP) is 4.46. The SMILES string of the molecule is Cc1cc(C)nc(N2NC3=C(C(=O)CC(C)(C)C3)[C@@H]2c2ccccc2Cl)n1. The van der Waals surface area contributed by atoms with Gasteiger partial charge in [-0.25, -0.2) is 15.0 Å². The number of nitrogens with one attached hydrogen (secondary N) is 1. The molecule has 0 saturated heterocycles. The first-order valence-electron chi connectivity index (χ1n) is 9.14. The van der Waals surface area contributed by atoms with Gasteiger partial charge < -0.3 is 0 Å². The number of rotatable bonds is 2. The maximum atomic E-state index is 13.1. The van der Waals surface area contributed by atoms with Crippen LogP contribution in [-0.2, 0) is 4.79 Å². The summed E-state index contributed by atoms with van der Waals surface area (Å²) < 4.78 is 0. The number of halogens is 1. The number of Topliss-reactive ketones (excluding diaryl/α,β-unsaturated/α-hetero) is 1. The summed E-state index contributed by atoms with van der Waals surface area (Å²) in [5.74, 6) is 0.711. The minimum Gasteiger partial charge on any atom is -0.299 e. The summed E-state index contributed by atoms with van der Waals surface area (Å²) in [6.45, 7) is 8.13. The molecule has 6 heteroatoms. The highest BCUT2D eigenvalue weighted by atomic mass is 35.5. The highest BCUT2D eigenvalue weighted by Crippen LogP contribution is 2.47. The fourth-order valence-electron chi connectivity index (χ4n) is 4.06. The van der Waals surface area contributed by atoms with E-state index in [4.69, 9.17) is 11.6 Å². The zero-order chi connectivity index (χ0) is 19.3. The van der Waals surface area contributed by atoms with Gasteiger partial charge >= 0.3 is 0 Å². The molecule has 0 radical (unpaired) electrons. The van der Waals surface area contributed by atoms with Gasteiger partial charge in [-0.3, -0.25) is 10.2 Å². The zero-order valence-electron chi connectivity index (χ0n) is 16.0. The second-order valence-corrected chi connectivity index (χ2v) is 8.60. The average Bonchev–Trinajstić information content (AvgIpc) is 2.92. The van der Waals surface area contributed by atoms with Gasteiger partial charge in [0.2, 0.25) is 5.95 Å². The van der Waals surface area contributed by atoms with Crippen LogP contribution >= 0.6 is 11.6 Å². The van der Waals surface area contributed by atoms with E-state index < -0.39 is 0 Å². The lowest BCUT2D eigenvalue weighted by molar-refractivity contribution is -0.118. The normalized spacial score (nSPS) is 21.3. The van der Waals surface area contributed by atoms with Gasteiger partial charge in [0, 0.05) is 34.1 Å². The fourth-order valence-corrected chi connectivity index (χ4v) is 4.30. The van der Waals surface area contributed by atoms with Crippen LogP contribution in [0.5, 0.6) is 0 Å². The molecule has 2 heterocycles. The third-order valence-electron chi connectivity index (χ3n) is 5.09. The lowest BCUT2D eigenvalue weighted by atomic mass is 9.74. The Morgan fingerprint density at radius 1 is 1.15 bits per heavy atom. The summed E-state index contributed by atoms with van der Waals surface area (Å²) in [5, 5.41) is 2.52. The molecule has 2 aliphatic rings. The first-order valence-corrected chi connectivity index (χ1v) is 9.52. The second-order valence-electron chi connectivity index (χ2n) is 8.19. The molecule has 1 atom stereocenters. The van der Waals surface area contributed by atoms with Crippen molar-refractivity contribution < 1.29 is 4.79 Å². The van der Waals surface area contributed by atoms with E-state index >= 15 is 0 Å². The molecule has 0 fully saturated rings. The molecular formula is C21H23ClN4O. The van der Waals surface area contributed by atoms with Crippen LogP contribution in [0, 0.1) is 19.3 Å². The van der Waals surface area contributed by atoms with Crippen LogP contribution in [0.1, 0.15) is 49.7 Å². The Morgan fingerprint density at radius 2 is 1.81 bits per heavy atom. The van der Waals surface area contributed by atoms with Gasteiger partial charge in [-0.05, 0) is 43.4 Å². The van der Waals surface area contributed by atoms with E-state index in [-0.39, 0.29) is 17.2 Å². The number of carbonyl (C=O) groups is 1. The van der Waals surface area contributed by atoms with Crippen LogP contribution in [0.15, 0.2) is 41.6 Å². The van der Waals surface area contributed by atoms with E-state index in [1.54, 1.807) is 0 Å². The molecule has 0 amide bonds. The number of carbonyl (C=O) groups excluding carboxylic acids is 1. The summed E-state index contributed by atoms with van der Waals surface area (Å²) in [5.41, 5.74) is 7.74. The fraction of sp³-hybridized carbons (Fsp3) is 0.381. The first kappa shape index (κ1) is 18.0. The average molecular weight is 383 g/mol. The number of benzene rings is 1. The van der Waals surface area contributed by atoms with Crippen molar-refractivity contribution in [2.45, 2.75) is 46.6 Å². The molecule has 1 aliphatic heterocycles. The van der Waals surface area contributed by atoms with Crippen molar-refractivity contribution in [3.05, 3.63) is 63.6 Å². The van der Waals surface area contributed by atoms with E-state index in [0.29, 0.717) is 17.4 Å². The number of hydrogen-bond acceptors (Lipinski definition) is 5. The van der Waals surface area contributed by atoms with Gasteiger partial charge in [-0.1, -0.05) is 43.6 Å². The highest BCUT2D eigenvalue weighted by molar-refractivity contribution is 6.31. The standard InChI is InChI=1S/C21H23ClN4O/c1-12-9-13(2)24-20(23-12)26-19(14-7-5-6-8-15(14)22)18-16(25-26)10-21(3,4)11-17(18)27/h5-9,19,25H,10-11H2,1-4H3/t19-/m0/s1. The molecule has 140 valence electrons. The van der Waals surface area contributed by atoms with Crippen molar-refractivity contribution in [1.29, 1.82) is 0 Å². The van der Waals surface area contributed by atoms with Crippen LogP contribution in [0.3, 0.4) is 0 Å². The third-order valence-corrected chi connectivity index (χ3v) is 5.44. The summed E-state index contributed by atoms with van der Waals surface area (Å²) in [4.78, 5) is 22.3. The second kappa shape index (κ2) is 6.34. The van der Waals surface area contributed by atoms with Gasteiger partial charge in [0.05, 0.1) is 0 Å². The van der Waals surface area contributed by atoms with Crippen molar-refractivity contribution in [3.63, 3.8) is 0 Å². The van der Waals surface area contributed by atoms with Crippen molar-refractivity contribution in [2.75, 3.05) is 5.01 Å². The molecule has 0 spiro atoms. The van der Waals surface area contributed by atoms with Crippen LogP contribution in [0.2, 0.25) is 5.02 Å². The molecule has 1 N–H and O–H groups in total. The smallest absolute Gasteiger partial charge is 0.245 e. The van der Waals surface area contributed by atoms with Gasteiger partial charge in [-0.15, -0.1) is 0 Å². The van der Waals surface area contributed by atoms with Crippen LogP contribution in [0.25, 0.3) is 0 Å². The first-order chi connectivity index (χ1) is 12.7. The number of aryl methyl sites for hydroxylation is 2. The molecule has 0 unspecified atom stereocenters. The molecule has 5 nitrogen and oxygen atoms in total. The molecular weight excluding hydrogens is 360 g/mol. The summed E-state index contributed by atoms with van der Waals surface area (Å²) in [6.07, 6.45) is 1.33. The Bertz CT molecular complexity index is 946. The van der Waals surface area contributed by atoms with Crippen molar-refractivity contribution in [2.24, 2.45) is 5.41 Å². The molecule has 1 aromatic heterocycles. The van der Waals surface area contributed by atoms with Gasteiger partial charge in [0.15, 0.2) is 5.78 Å². The molecule has 0 bridgehead atoms. The largest absolute Gasteiger partial charge is 0.299 e. The Kier molecular flexibility index (Phi) is 4.22. The number of anilines is 1. The van der Waals surface area contributed by atoms with E-state index in [2.05, 4.69) is 29.2 Å². The Morgan fingerprint density at radius 3 is 2.48 bits per heavy atom. The lowest BCUT2D eigenvalue weighted by Crippen LogP contribution is -2.36. The minimum absolute atomic E-state index is 0.0761. The van der Waals surface area contributed by atoms with Crippen molar-refractivity contribution >= 4 is 23.3 Å². The Hall–Kier alpha value is -2.40. The van der Waals surface area contributed by atoms with Crippen LogP contribution in [-0.4, -0.2) is 15.8 Å². The summed E-state index contributed by atoms with van der Waals surface area (Å²) in [6, 6.07) is 9.26. The molecule has 1 aromatic carbocycles. The van der Waals surface area contributed by atoms with Crippen LogP contribution in [0.4, 0.5) is 5.95 Å².